The average Bonchev–Trinajstić information content (AvgIpc) is 2.60. The molecule has 1 aliphatic heterocycles. The molecule has 0 radical (unpaired) electrons. The molecule has 3 heteroatoms. The number of hydrogen-bond acceptors (Lipinski definition) is 1. The van der Waals surface area contributed by atoms with Crippen molar-refractivity contribution in [2.45, 2.75) is 58.8 Å². The van der Waals surface area contributed by atoms with Crippen LogP contribution in [0.3, 0.4) is 0 Å². The molecule has 0 aliphatic carbocycles. The summed E-state index contributed by atoms with van der Waals surface area (Å²) in [5.41, 5.74) is 5.57. The highest BCUT2D eigenvalue weighted by atomic mass is 16.4. The molecule has 0 saturated heterocycles. The van der Waals surface area contributed by atoms with E-state index in [1.54, 1.807) is 0 Å². The standard InChI is InChI=1S/C18H25NO2/c1-13-9-8-10-15-17(13)19(14(2)18(15,3)4)12-7-5-6-11-16(20)21/h8-10H,5-7,11-12H2,1-4H3/p+1. The minimum absolute atomic E-state index is 0.0857. The Bertz CT molecular complexity index is 585. The van der Waals surface area contributed by atoms with Crippen LogP contribution in [0.4, 0.5) is 5.69 Å². The summed E-state index contributed by atoms with van der Waals surface area (Å²) in [6.45, 7) is 9.93. The first-order chi connectivity index (χ1) is 9.85. The highest BCUT2D eigenvalue weighted by molar-refractivity contribution is 5.93. The van der Waals surface area contributed by atoms with Gasteiger partial charge in [0.15, 0.2) is 5.71 Å². The van der Waals surface area contributed by atoms with Crippen molar-refractivity contribution >= 4 is 17.4 Å². The number of carboxylic acids is 1. The first kappa shape index (κ1) is 15.7. The van der Waals surface area contributed by atoms with Gasteiger partial charge in [0.1, 0.15) is 6.54 Å². The first-order valence-corrected chi connectivity index (χ1v) is 7.79. The first-order valence-electron chi connectivity index (χ1n) is 7.79. The molecule has 0 aromatic heterocycles. The van der Waals surface area contributed by atoms with Crippen LogP contribution in [0.2, 0.25) is 0 Å². The lowest BCUT2D eigenvalue weighted by Gasteiger charge is -2.14. The van der Waals surface area contributed by atoms with Gasteiger partial charge in [0, 0.05) is 30.9 Å². The average molecular weight is 288 g/mol. The van der Waals surface area contributed by atoms with Gasteiger partial charge in [-0.1, -0.05) is 18.2 Å². The summed E-state index contributed by atoms with van der Waals surface area (Å²) in [5, 5.41) is 8.69. The van der Waals surface area contributed by atoms with E-state index in [-0.39, 0.29) is 11.8 Å². The predicted molar refractivity (Wildman–Crippen MR) is 85.8 cm³/mol. The van der Waals surface area contributed by atoms with Gasteiger partial charge in [-0.05, 0) is 33.6 Å². The van der Waals surface area contributed by atoms with E-state index < -0.39 is 5.97 Å². The highest BCUT2D eigenvalue weighted by Gasteiger charge is 2.43. The minimum atomic E-state index is -0.693. The molecule has 1 aromatic carbocycles. The highest BCUT2D eigenvalue weighted by Crippen LogP contribution is 2.41. The largest absolute Gasteiger partial charge is 0.481 e. The van der Waals surface area contributed by atoms with Crippen LogP contribution in [0.25, 0.3) is 0 Å². The van der Waals surface area contributed by atoms with Crippen LogP contribution in [0.5, 0.6) is 0 Å². The summed E-state index contributed by atoms with van der Waals surface area (Å²) in [4.78, 5) is 10.5. The van der Waals surface area contributed by atoms with Crippen LogP contribution < -0.4 is 0 Å². The quantitative estimate of drug-likeness (QED) is 0.634. The molecule has 0 saturated carbocycles. The molecule has 1 heterocycles. The van der Waals surface area contributed by atoms with Gasteiger partial charge in [-0.2, -0.15) is 4.58 Å². The maximum Gasteiger partial charge on any atom is 0.303 e. The van der Waals surface area contributed by atoms with Crippen LogP contribution in [0, 0.1) is 6.92 Å². The fraction of sp³-hybridized carbons (Fsp3) is 0.556. The Labute approximate surface area is 127 Å². The second-order valence-electron chi connectivity index (χ2n) is 6.54. The third-order valence-corrected chi connectivity index (χ3v) is 4.76. The fourth-order valence-corrected chi connectivity index (χ4v) is 3.22. The number of carboxylic acid groups (broad SMARTS) is 1. The van der Waals surface area contributed by atoms with E-state index in [9.17, 15) is 4.79 Å². The van der Waals surface area contributed by atoms with Gasteiger partial charge in [0.05, 0.1) is 5.41 Å². The Kier molecular flexibility index (Phi) is 4.50. The molecule has 114 valence electrons. The van der Waals surface area contributed by atoms with Crippen molar-refractivity contribution in [2.75, 3.05) is 6.54 Å². The number of hydrogen-bond donors (Lipinski definition) is 1. The zero-order valence-electron chi connectivity index (χ0n) is 13.6. The van der Waals surface area contributed by atoms with Crippen LogP contribution in [0.1, 0.15) is 57.6 Å². The molecule has 0 amide bonds. The Balaban J connectivity index is 2.13. The molecule has 2 rings (SSSR count). The SMILES string of the molecule is CC1=[N+](CCCCCC(=O)O)c2c(C)cccc2C1(C)C. The van der Waals surface area contributed by atoms with Gasteiger partial charge >= 0.3 is 5.97 Å². The molecule has 21 heavy (non-hydrogen) atoms. The number of para-hydroxylation sites is 1. The zero-order chi connectivity index (χ0) is 15.6. The normalized spacial score (nSPS) is 16.2. The lowest BCUT2D eigenvalue weighted by molar-refractivity contribution is -0.440. The van der Waals surface area contributed by atoms with Crippen molar-refractivity contribution in [3.05, 3.63) is 29.3 Å². The number of benzene rings is 1. The van der Waals surface area contributed by atoms with Crippen molar-refractivity contribution in [3.63, 3.8) is 0 Å². The van der Waals surface area contributed by atoms with E-state index in [0.717, 1.165) is 25.8 Å². The molecular weight excluding hydrogens is 262 g/mol. The molecule has 0 unspecified atom stereocenters. The lowest BCUT2D eigenvalue weighted by atomic mass is 9.82. The third kappa shape index (κ3) is 3.02. The van der Waals surface area contributed by atoms with Crippen molar-refractivity contribution < 1.29 is 14.5 Å². The minimum Gasteiger partial charge on any atom is -0.481 e. The maximum absolute atomic E-state index is 10.5. The van der Waals surface area contributed by atoms with Gasteiger partial charge in [0.2, 0.25) is 5.69 Å². The summed E-state index contributed by atoms with van der Waals surface area (Å²) in [7, 11) is 0. The molecule has 0 spiro atoms. The van der Waals surface area contributed by atoms with Crippen LogP contribution in [0.15, 0.2) is 18.2 Å². The summed E-state index contributed by atoms with van der Waals surface area (Å²) in [6, 6.07) is 6.54. The van der Waals surface area contributed by atoms with Gasteiger partial charge in [-0.25, -0.2) is 0 Å². The summed E-state index contributed by atoms with van der Waals surface area (Å²) in [6.07, 6.45) is 3.06. The number of fused-ring (bicyclic) bond motifs is 1. The monoisotopic (exact) mass is 288 g/mol. The number of carbonyl (C=O) groups is 1. The third-order valence-electron chi connectivity index (χ3n) is 4.76. The van der Waals surface area contributed by atoms with Crippen molar-refractivity contribution in [2.24, 2.45) is 0 Å². The summed E-state index contributed by atoms with van der Waals surface area (Å²) in [5.74, 6) is -0.693. The van der Waals surface area contributed by atoms with E-state index in [0.29, 0.717) is 0 Å². The molecule has 0 atom stereocenters. The molecular formula is C18H26NO2+. The van der Waals surface area contributed by atoms with Gasteiger partial charge in [-0.3, -0.25) is 4.79 Å². The van der Waals surface area contributed by atoms with Crippen LogP contribution in [-0.4, -0.2) is 27.9 Å². The van der Waals surface area contributed by atoms with Gasteiger partial charge in [0.25, 0.3) is 0 Å². The summed E-state index contributed by atoms with van der Waals surface area (Å²) >= 11 is 0. The maximum atomic E-state index is 10.5. The Morgan fingerprint density at radius 1 is 1.19 bits per heavy atom. The molecule has 1 aromatic rings. The second-order valence-corrected chi connectivity index (χ2v) is 6.54. The molecule has 0 fully saturated rings. The van der Waals surface area contributed by atoms with Crippen LogP contribution in [-0.2, 0) is 10.2 Å². The smallest absolute Gasteiger partial charge is 0.303 e. The topological polar surface area (TPSA) is 40.3 Å². The zero-order valence-corrected chi connectivity index (χ0v) is 13.6. The van der Waals surface area contributed by atoms with Gasteiger partial charge in [-0.15, -0.1) is 0 Å². The number of rotatable bonds is 6. The van der Waals surface area contributed by atoms with E-state index >= 15 is 0 Å². The van der Waals surface area contributed by atoms with Crippen molar-refractivity contribution in [1.82, 2.24) is 0 Å². The van der Waals surface area contributed by atoms with E-state index in [1.807, 2.05) is 0 Å². The number of aryl methyl sites for hydroxylation is 1. The summed E-state index contributed by atoms with van der Waals surface area (Å²) < 4.78 is 2.44. The van der Waals surface area contributed by atoms with Crippen molar-refractivity contribution in [3.8, 4) is 0 Å². The molecule has 3 nitrogen and oxygen atoms in total. The number of aliphatic carboxylic acids is 1. The Morgan fingerprint density at radius 3 is 2.57 bits per heavy atom. The number of unbranched alkanes of at least 4 members (excludes halogenated alkanes) is 2. The Morgan fingerprint density at radius 2 is 1.90 bits per heavy atom. The Hall–Kier alpha value is -1.64. The number of nitrogens with zero attached hydrogens (tertiary/aromatic N) is 1. The van der Waals surface area contributed by atoms with Crippen molar-refractivity contribution in [1.29, 1.82) is 0 Å². The molecule has 1 aliphatic rings. The predicted octanol–water partition coefficient (Wildman–Crippen LogP) is 4.04. The lowest BCUT2D eigenvalue weighted by Crippen LogP contribution is -2.26. The fourth-order valence-electron chi connectivity index (χ4n) is 3.22. The van der Waals surface area contributed by atoms with E-state index in [1.165, 1.54) is 22.5 Å². The molecule has 1 N–H and O–H groups in total. The second kappa shape index (κ2) is 6.00. The van der Waals surface area contributed by atoms with Crippen LogP contribution >= 0.6 is 0 Å². The van der Waals surface area contributed by atoms with E-state index in [4.69, 9.17) is 5.11 Å². The van der Waals surface area contributed by atoms with E-state index in [2.05, 4.69) is 50.5 Å². The molecule has 0 bridgehead atoms. The van der Waals surface area contributed by atoms with Gasteiger partial charge < -0.3 is 5.11 Å².